The first-order valence-electron chi connectivity index (χ1n) is 6.54. The average molecular weight is 264 g/mol. The quantitative estimate of drug-likeness (QED) is 0.811. The fourth-order valence-corrected chi connectivity index (χ4v) is 2.17. The van der Waals surface area contributed by atoms with Crippen LogP contribution < -0.4 is 16.0 Å². The molecule has 2 rings (SSSR count). The number of carbonyl (C=O) groups is 1. The highest BCUT2D eigenvalue weighted by Crippen LogP contribution is 2.19. The Balaban J connectivity index is 1.83. The molecule has 0 bridgehead atoms. The van der Waals surface area contributed by atoms with E-state index in [1.165, 1.54) is 0 Å². The van der Waals surface area contributed by atoms with Crippen molar-refractivity contribution in [2.24, 2.45) is 5.73 Å². The van der Waals surface area contributed by atoms with Crippen molar-refractivity contribution >= 4 is 5.91 Å². The molecular weight excluding hydrogens is 244 g/mol. The Morgan fingerprint density at radius 2 is 2.05 bits per heavy atom. The highest BCUT2D eigenvalue weighted by Gasteiger charge is 2.20. The lowest BCUT2D eigenvalue weighted by Gasteiger charge is -2.25. The molecule has 1 fully saturated rings. The number of rotatable bonds is 4. The van der Waals surface area contributed by atoms with E-state index in [0.29, 0.717) is 11.3 Å². The first kappa shape index (κ1) is 13.8. The van der Waals surface area contributed by atoms with Crippen molar-refractivity contribution in [3.05, 3.63) is 29.8 Å². The van der Waals surface area contributed by atoms with E-state index in [0.717, 1.165) is 25.7 Å². The van der Waals surface area contributed by atoms with Gasteiger partial charge in [-0.15, -0.1) is 0 Å². The van der Waals surface area contributed by atoms with E-state index in [4.69, 9.17) is 15.3 Å². The molecule has 1 aromatic rings. The molecule has 1 aliphatic carbocycles. The average Bonchev–Trinajstić information content (AvgIpc) is 2.46. The number of hydrogen-bond acceptors (Lipinski definition) is 4. The number of amides is 1. The number of hydroxylamine groups is 1. The molecular formula is C14H20N2O3. The predicted molar refractivity (Wildman–Crippen MR) is 71.8 cm³/mol. The van der Waals surface area contributed by atoms with Crippen molar-refractivity contribution in [3.63, 3.8) is 0 Å². The van der Waals surface area contributed by atoms with Gasteiger partial charge in [0, 0.05) is 11.6 Å². The molecule has 104 valence electrons. The molecule has 19 heavy (non-hydrogen) atoms. The lowest BCUT2D eigenvalue weighted by molar-refractivity contribution is -0.0331. The van der Waals surface area contributed by atoms with Gasteiger partial charge in [-0.3, -0.25) is 9.63 Å². The van der Waals surface area contributed by atoms with E-state index in [9.17, 15) is 4.79 Å². The minimum Gasteiger partial charge on any atom is -0.497 e. The van der Waals surface area contributed by atoms with Crippen LogP contribution in [0.2, 0.25) is 0 Å². The second-order valence-corrected chi connectivity index (χ2v) is 4.82. The zero-order valence-electron chi connectivity index (χ0n) is 11.1. The summed E-state index contributed by atoms with van der Waals surface area (Å²) >= 11 is 0. The van der Waals surface area contributed by atoms with Gasteiger partial charge in [-0.2, -0.15) is 0 Å². The molecule has 1 amide bonds. The SMILES string of the molecule is COc1cccc(C(=O)NOC2CCC(N)CC2)c1. The van der Waals surface area contributed by atoms with Crippen LogP contribution in [0.25, 0.3) is 0 Å². The summed E-state index contributed by atoms with van der Waals surface area (Å²) in [5, 5.41) is 0. The summed E-state index contributed by atoms with van der Waals surface area (Å²) in [6.45, 7) is 0. The van der Waals surface area contributed by atoms with Crippen molar-refractivity contribution in [3.8, 4) is 5.75 Å². The number of hydrogen-bond donors (Lipinski definition) is 2. The van der Waals surface area contributed by atoms with E-state index in [2.05, 4.69) is 5.48 Å². The standard InChI is InChI=1S/C14H20N2O3/c1-18-13-4-2-3-10(9-13)14(17)16-19-12-7-5-11(15)6-8-12/h2-4,9,11-12H,5-8,15H2,1H3,(H,16,17). The Kier molecular flexibility index (Phi) is 4.76. The molecule has 1 aromatic carbocycles. The largest absolute Gasteiger partial charge is 0.497 e. The van der Waals surface area contributed by atoms with Gasteiger partial charge in [-0.05, 0) is 43.9 Å². The van der Waals surface area contributed by atoms with Crippen LogP contribution in [0, 0.1) is 0 Å². The Bertz CT molecular complexity index is 428. The number of nitrogens with two attached hydrogens (primary N) is 1. The zero-order valence-corrected chi connectivity index (χ0v) is 11.1. The van der Waals surface area contributed by atoms with Gasteiger partial charge in [-0.25, -0.2) is 5.48 Å². The van der Waals surface area contributed by atoms with Crippen molar-refractivity contribution in [2.45, 2.75) is 37.8 Å². The monoisotopic (exact) mass is 264 g/mol. The summed E-state index contributed by atoms with van der Waals surface area (Å²) in [7, 11) is 1.57. The van der Waals surface area contributed by atoms with Gasteiger partial charge in [0.15, 0.2) is 0 Å². The molecule has 0 heterocycles. The molecule has 1 aliphatic rings. The molecule has 0 radical (unpaired) electrons. The van der Waals surface area contributed by atoms with Gasteiger partial charge >= 0.3 is 0 Å². The van der Waals surface area contributed by atoms with Crippen molar-refractivity contribution in [1.82, 2.24) is 5.48 Å². The number of carbonyl (C=O) groups excluding carboxylic acids is 1. The van der Waals surface area contributed by atoms with Gasteiger partial charge in [0.25, 0.3) is 5.91 Å². The lowest BCUT2D eigenvalue weighted by Crippen LogP contribution is -2.35. The predicted octanol–water partition coefficient (Wildman–Crippen LogP) is 1.63. The maximum atomic E-state index is 11.9. The van der Waals surface area contributed by atoms with Crippen molar-refractivity contribution in [1.29, 1.82) is 0 Å². The lowest BCUT2D eigenvalue weighted by atomic mass is 9.94. The molecule has 1 saturated carbocycles. The summed E-state index contributed by atoms with van der Waals surface area (Å²) in [6, 6.07) is 7.23. The van der Waals surface area contributed by atoms with Crippen LogP contribution in [0.1, 0.15) is 36.0 Å². The second-order valence-electron chi connectivity index (χ2n) is 4.82. The van der Waals surface area contributed by atoms with E-state index in [-0.39, 0.29) is 18.1 Å². The summed E-state index contributed by atoms with van der Waals surface area (Å²) in [5.41, 5.74) is 8.84. The van der Waals surface area contributed by atoms with E-state index in [1.54, 1.807) is 31.4 Å². The van der Waals surface area contributed by atoms with E-state index >= 15 is 0 Å². The summed E-state index contributed by atoms with van der Waals surface area (Å²) in [6.07, 6.45) is 3.73. The first-order chi connectivity index (χ1) is 9.19. The molecule has 0 spiro atoms. The fraction of sp³-hybridized carbons (Fsp3) is 0.500. The Morgan fingerprint density at radius 1 is 1.32 bits per heavy atom. The van der Waals surface area contributed by atoms with Crippen LogP contribution in [-0.2, 0) is 4.84 Å². The third-order valence-electron chi connectivity index (χ3n) is 3.37. The van der Waals surface area contributed by atoms with Crippen LogP contribution in [0.3, 0.4) is 0 Å². The van der Waals surface area contributed by atoms with Crippen LogP contribution in [-0.4, -0.2) is 25.2 Å². The van der Waals surface area contributed by atoms with Crippen LogP contribution >= 0.6 is 0 Å². The van der Waals surface area contributed by atoms with Crippen molar-refractivity contribution < 1.29 is 14.4 Å². The highest BCUT2D eigenvalue weighted by atomic mass is 16.7. The molecule has 5 heteroatoms. The third kappa shape index (κ3) is 3.94. The normalized spacial score (nSPS) is 22.8. The zero-order chi connectivity index (χ0) is 13.7. The number of methoxy groups -OCH3 is 1. The molecule has 5 nitrogen and oxygen atoms in total. The first-order valence-corrected chi connectivity index (χ1v) is 6.54. The summed E-state index contributed by atoms with van der Waals surface area (Å²) in [4.78, 5) is 17.3. The van der Waals surface area contributed by atoms with Crippen LogP contribution in [0.15, 0.2) is 24.3 Å². The van der Waals surface area contributed by atoms with Crippen LogP contribution in [0.4, 0.5) is 0 Å². The maximum absolute atomic E-state index is 11.9. The third-order valence-corrected chi connectivity index (χ3v) is 3.37. The Hall–Kier alpha value is -1.59. The number of benzene rings is 1. The molecule has 0 unspecified atom stereocenters. The molecule has 0 aromatic heterocycles. The summed E-state index contributed by atoms with van der Waals surface area (Å²) in [5.74, 6) is 0.394. The van der Waals surface area contributed by atoms with Gasteiger partial charge in [-0.1, -0.05) is 6.07 Å². The highest BCUT2D eigenvalue weighted by molar-refractivity contribution is 5.93. The van der Waals surface area contributed by atoms with E-state index < -0.39 is 0 Å². The van der Waals surface area contributed by atoms with Gasteiger partial charge in [0.05, 0.1) is 13.2 Å². The number of ether oxygens (including phenoxy) is 1. The summed E-state index contributed by atoms with van der Waals surface area (Å²) < 4.78 is 5.08. The molecule has 0 saturated heterocycles. The van der Waals surface area contributed by atoms with Crippen LogP contribution in [0.5, 0.6) is 5.75 Å². The molecule has 0 atom stereocenters. The topological polar surface area (TPSA) is 73.6 Å². The minimum atomic E-state index is -0.256. The second kappa shape index (κ2) is 6.54. The van der Waals surface area contributed by atoms with Gasteiger partial charge in [0.1, 0.15) is 5.75 Å². The van der Waals surface area contributed by atoms with Gasteiger partial charge in [0.2, 0.25) is 0 Å². The smallest absolute Gasteiger partial charge is 0.274 e. The number of nitrogens with one attached hydrogen (secondary N) is 1. The maximum Gasteiger partial charge on any atom is 0.274 e. The minimum absolute atomic E-state index is 0.0642. The Morgan fingerprint density at radius 3 is 2.74 bits per heavy atom. The Labute approximate surface area is 113 Å². The molecule has 0 aliphatic heterocycles. The van der Waals surface area contributed by atoms with Gasteiger partial charge < -0.3 is 10.5 Å². The molecule has 3 N–H and O–H groups in total. The van der Waals surface area contributed by atoms with E-state index in [1.807, 2.05) is 0 Å². The fourth-order valence-electron chi connectivity index (χ4n) is 2.17. The van der Waals surface area contributed by atoms with Crippen molar-refractivity contribution in [2.75, 3.05) is 7.11 Å².